The molecule has 0 saturated carbocycles. The molecule has 1 unspecified atom stereocenters. The number of hydrogen-bond acceptors (Lipinski definition) is 1. The van der Waals surface area contributed by atoms with Crippen molar-refractivity contribution in [3.63, 3.8) is 0 Å². The maximum absolute atomic E-state index is 6.12. The number of benzene rings is 2. The molecule has 2 aromatic rings. The monoisotopic (exact) mass is 250 g/mol. The third-order valence-corrected chi connectivity index (χ3v) is 3.54. The van der Waals surface area contributed by atoms with Gasteiger partial charge in [0.15, 0.2) is 0 Å². The summed E-state index contributed by atoms with van der Waals surface area (Å²) in [5.74, 6) is 1.51. The lowest BCUT2D eigenvalue weighted by Crippen LogP contribution is -2.09. The van der Waals surface area contributed by atoms with Gasteiger partial charge in [-0.3, -0.25) is 0 Å². The molecule has 1 heteroatoms. The highest BCUT2D eigenvalue weighted by Crippen LogP contribution is 2.34. The number of rotatable bonds is 2. The third kappa shape index (κ3) is 2.41. The lowest BCUT2D eigenvalue weighted by atomic mass is 9.98. The topological polar surface area (TPSA) is 9.23 Å². The Kier molecular flexibility index (Phi) is 3.12. The van der Waals surface area contributed by atoms with Crippen LogP contribution in [0.4, 0.5) is 0 Å². The van der Waals surface area contributed by atoms with Crippen LogP contribution in [0.2, 0.25) is 0 Å². The quantitative estimate of drug-likeness (QED) is 0.732. The van der Waals surface area contributed by atoms with E-state index in [0.717, 1.165) is 11.3 Å². The van der Waals surface area contributed by atoms with Gasteiger partial charge in [0.2, 0.25) is 0 Å². The van der Waals surface area contributed by atoms with Crippen molar-refractivity contribution in [2.24, 2.45) is 0 Å². The predicted molar refractivity (Wildman–Crippen MR) is 79.4 cm³/mol. The van der Waals surface area contributed by atoms with Crippen molar-refractivity contribution in [2.75, 3.05) is 0 Å². The molecular formula is C18H18O. The summed E-state index contributed by atoms with van der Waals surface area (Å²) in [5, 5.41) is 0. The Balaban J connectivity index is 1.93. The van der Waals surface area contributed by atoms with Crippen LogP contribution in [0.25, 0.3) is 6.08 Å². The largest absolute Gasteiger partial charge is 0.481 e. The van der Waals surface area contributed by atoms with Crippen molar-refractivity contribution in [1.82, 2.24) is 0 Å². The van der Waals surface area contributed by atoms with Crippen molar-refractivity contribution in [1.29, 1.82) is 0 Å². The first kappa shape index (κ1) is 12.0. The lowest BCUT2D eigenvalue weighted by molar-refractivity contribution is 0.251. The fourth-order valence-electron chi connectivity index (χ4n) is 2.34. The summed E-state index contributed by atoms with van der Waals surface area (Å²) >= 11 is 0. The summed E-state index contributed by atoms with van der Waals surface area (Å²) in [6.07, 6.45) is 4.30. The highest BCUT2D eigenvalue weighted by Gasteiger charge is 2.16. The van der Waals surface area contributed by atoms with Gasteiger partial charge in [-0.15, -0.1) is 0 Å². The highest BCUT2D eigenvalue weighted by molar-refractivity contribution is 5.61. The smallest absolute Gasteiger partial charge is 0.142 e. The summed E-state index contributed by atoms with van der Waals surface area (Å²) in [4.78, 5) is 0. The fourth-order valence-corrected chi connectivity index (χ4v) is 2.34. The van der Waals surface area contributed by atoms with Gasteiger partial charge in [-0.1, -0.05) is 62.4 Å². The summed E-state index contributed by atoms with van der Waals surface area (Å²) in [5.41, 5.74) is 3.68. The van der Waals surface area contributed by atoms with Crippen LogP contribution in [0.5, 0.6) is 5.75 Å². The van der Waals surface area contributed by atoms with Crippen LogP contribution in [0.3, 0.4) is 0 Å². The second-order valence-corrected chi connectivity index (χ2v) is 5.26. The van der Waals surface area contributed by atoms with Crippen molar-refractivity contribution in [3.05, 3.63) is 71.3 Å². The van der Waals surface area contributed by atoms with Gasteiger partial charge < -0.3 is 4.74 Å². The van der Waals surface area contributed by atoms with E-state index in [-0.39, 0.29) is 6.10 Å². The van der Waals surface area contributed by atoms with Crippen molar-refractivity contribution in [3.8, 4) is 5.75 Å². The second kappa shape index (κ2) is 4.93. The van der Waals surface area contributed by atoms with Crippen LogP contribution in [0.1, 0.15) is 42.6 Å². The first-order valence-corrected chi connectivity index (χ1v) is 6.78. The number of hydrogen-bond donors (Lipinski definition) is 0. The van der Waals surface area contributed by atoms with Gasteiger partial charge in [0.25, 0.3) is 0 Å². The maximum atomic E-state index is 6.12. The van der Waals surface area contributed by atoms with Crippen LogP contribution in [0.15, 0.2) is 54.6 Å². The van der Waals surface area contributed by atoms with E-state index >= 15 is 0 Å². The molecule has 2 aromatic carbocycles. The first-order chi connectivity index (χ1) is 9.24. The second-order valence-electron chi connectivity index (χ2n) is 5.26. The average Bonchev–Trinajstić information content (AvgIpc) is 2.47. The lowest BCUT2D eigenvalue weighted by Gasteiger charge is -2.23. The molecule has 0 spiro atoms. The Morgan fingerprint density at radius 3 is 2.53 bits per heavy atom. The minimum absolute atomic E-state index is 0.0242. The molecule has 1 nitrogen and oxygen atoms in total. The van der Waals surface area contributed by atoms with E-state index in [4.69, 9.17) is 4.74 Å². The van der Waals surface area contributed by atoms with Gasteiger partial charge >= 0.3 is 0 Å². The Bertz CT molecular complexity index is 596. The molecule has 19 heavy (non-hydrogen) atoms. The zero-order valence-corrected chi connectivity index (χ0v) is 11.3. The van der Waals surface area contributed by atoms with Gasteiger partial charge in [-0.25, -0.2) is 0 Å². The molecule has 96 valence electrons. The van der Waals surface area contributed by atoms with Crippen LogP contribution >= 0.6 is 0 Å². The zero-order chi connectivity index (χ0) is 13.2. The molecule has 1 aliphatic rings. The molecule has 0 aromatic heterocycles. The van der Waals surface area contributed by atoms with Gasteiger partial charge in [0.1, 0.15) is 11.9 Å². The summed E-state index contributed by atoms with van der Waals surface area (Å²) in [6.45, 7) is 4.41. The van der Waals surface area contributed by atoms with Crippen LogP contribution in [-0.2, 0) is 0 Å². The molecule has 0 N–H and O–H groups in total. The Hall–Kier alpha value is -2.02. The van der Waals surface area contributed by atoms with Crippen LogP contribution in [0, 0.1) is 0 Å². The number of ether oxygens (including phenoxy) is 1. The van der Waals surface area contributed by atoms with E-state index in [2.05, 4.69) is 56.3 Å². The normalized spacial score (nSPS) is 17.1. The predicted octanol–water partition coefficient (Wildman–Crippen LogP) is 4.96. The third-order valence-electron chi connectivity index (χ3n) is 3.54. The van der Waals surface area contributed by atoms with Crippen molar-refractivity contribution < 1.29 is 4.74 Å². The van der Waals surface area contributed by atoms with Gasteiger partial charge in [-0.05, 0) is 29.2 Å². The molecule has 0 fully saturated rings. The minimum atomic E-state index is 0.0242. The molecule has 0 saturated heterocycles. The fraction of sp³-hybridized carbons (Fsp3) is 0.222. The molecule has 1 heterocycles. The van der Waals surface area contributed by atoms with Gasteiger partial charge in [0.05, 0.1) is 0 Å². The summed E-state index contributed by atoms with van der Waals surface area (Å²) in [6, 6.07) is 16.8. The van der Waals surface area contributed by atoms with Gasteiger partial charge in [0, 0.05) is 5.56 Å². The molecule has 1 aliphatic heterocycles. The molecular weight excluding hydrogens is 232 g/mol. The standard InChI is InChI=1S/C18H18O/c1-13(2)16-9-8-15-10-11-17(19-18(15)12-16)14-6-4-3-5-7-14/h3-13,17H,1-2H3. The molecule has 0 aliphatic carbocycles. The Labute approximate surface area is 114 Å². The Morgan fingerprint density at radius 2 is 1.79 bits per heavy atom. The zero-order valence-electron chi connectivity index (χ0n) is 11.3. The van der Waals surface area contributed by atoms with E-state index < -0.39 is 0 Å². The molecule has 0 amide bonds. The van der Waals surface area contributed by atoms with E-state index in [0.29, 0.717) is 5.92 Å². The van der Waals surface area contributed by atoms with Crippen LogP contribution in [-0.4, -0.2) is 0 Å². The van der Waals surface area contributed by atoms with Crippen LogP contribution < -0.4 is 4.74 Å². The van der Waals surface area contributed by atoms with E-state index in [9.17, 15) is 0 Å². The molecule has 1 atom stereocenters. The number of fused-ring (bicyclic) bond motifs is 1. The summed E-state index contributed by atoms with van der Waals surface area (Å²) in [7, 11) is 0. The minimum Gasteiger partial charge on any atom is -0.481 e. The van der Waals surface area contributed by atoms with E-state index in [1.807, 2.05) is 18.2 Å². The molecule has 0 bridgehead atoms. The molecule has 3 rings (SSSR count). The highest BCUT2D eigenvalue weighted by atomic mass is 16.5. The Morgan fingerprint density at radius 1 is 1.00 bits per heavy atom. The van der Waals surface area contributed by atoms with E-state index in [1.54, 1.807) is 0 Å². The maximum Gasteiger partial charge on any atom is 0.142 e. The van der Waals surface area contributed by atoms with Crippen molar-refractivity contribution in [2.45, 2.75) is 25.9 Å². The molecule has 0 radical (unpaired) electrons. The average molecular weight is 250 g/mol. The SMILES string of the molecule is CC(C)c1ccc2c(c1)OC(c1ccccc1)C=C2. The van der Waals surface area contributed by atoms with Crippen molar-refractivity contribution >= 4 is 6.08 Å². The summed E-state index contributed by atoms with van der Waals surface area (Å²) < 4.78 is 6.12. The van der Waals surface area contributed by atoms with E-state index in [1.165, 1.54) is 11.1 Å². The first-order valence-electron chi connectivity index (χ1n) is 6.78. The van der Waals surface area contributed by atoms with Gasteiger partial charge in [-0.2, -0.15) is 0 Å².